The molecule has 1 aromatic heterocycles. The lowest BCUT2D eigenvalue weighted by Crippen LogP contribution is -2.34. The van der Waals surface area contributed by atoms with Crippen LogP contribution in [0.15, 0.2) is 40.8 Å². The summed E-state index contributed by atoms with van der Waals surface area (Å²) in [5, 5.41) is 25.1. The zero-order chi connectivity index (χ0) is 23.4. The van der Waals surface area contributed by atoms with Gasteiger partial charge < -0.3 is 24.9 Å². The summed E-state index contributed by atoms with van der Waals surface area (Å²) < 4.78 is 24.8. The minimum Gasteiger partial charge on any atom is -0.484 e. The Kier molecular flexibility index (Phi) is 6.57. The number of benzene rings is 2. The van der Waals surface area contributed by atoms with Gasteiger partial charge in [-0.2, -0.15) is 0 Å². The van der Waals surface area contributed by atoms with Gasteiger partial charge in [-0.1, -0.05) is 0 Å². The maximum atomic E-state index is 13.4. The van der Waals surface area contributed by atoms with Crippen molar-refractivity contribution in [3.05, 3.63) is 57.9 Å². The number of nitrogens with one attached hydrogen (secondary N) is 2. The number of carbonyl (C=O) groups excluding carboxylic acids is 1. The third-order valence-corrected chi connectivity index (χ3v) is 4.35. The molecule has 1 heterocycles. The Morgan fingerprint density at radius 3 is 2.44 bits per heavy atom. The van der Waals surface area contributed by atoms with Crippen LogP contribution in [0.25, 0.3) is 22.3 Å². The maximum Gasteiger partial charge on any atom is 0.404 e. The van der Waals surface area contributed by atoms with Crippen molar-refractivity contribution < 1.29 is 33.2 Å². The van der Waals surface area contributed by atoms with Crippen LogP contribution in [0.5, 0.6) is 5.75 Å². The molecule has 168 valence electrons. The van der Waals surface area contributed by atoms with E-state index in [1.54, 1.807) is 13.8 Å². The summed E-state index contributed by atoms with van der Waals surface area (Å²) in [6.07, 6.45) is -1.60. The lowest BCUT2D eigenvalue weighted by Gasteiger charge is -2.10. The van der Waals surface area contributed by atoms with Crippen molar-refractivity contribution in [2.45, 2.75) is 20.0 Å². The van der Waals surface area contributed by atoms with Crippen LogP contribution in [0.2, 0.25) is 0 Å². The molecule has 32 heavy (non-hydrogen) atoms. The molecule has 0 aliphatic heterocycles. The number of ether oxygens (including phenoxy) is 1. The summed E-state index contributed by atoms with van der Waals surface area (Å²) in [7, 11) is 0. The van der Waals surface area contributed by atoms with Crippen molar-refractivity contribution in [3.8, 4) is 17.1 Å². The average molecular weight is 445 g/mol. The topological polar surface area (TPSA) is 144 Å². The van der Waals surface area contributed by atoms with Gasteiger partial charge in [-0.3, -0.25) is 14.9 Å². The summed E-state index contributed by atoms with van der Waals surface area (Å²) >= 11 is 0. The molecular formula is C21H20FN3O7. The van der Waals surface area contributed by atoms with Crippen molar-refractivity contribution in [1.82, 2.24) is 10.6 Å². The Labute approximate surface area is 181 Å². The summed E-state index contributed by atoms with van der Waals surface area (Å²) in [5.74, 6) is -1.04. The second-order valence-corrected chi connectivity index (χ2v) is 7.04. The minimum absolute atomic E-state index is 0.0109. The number of halogens is 1. The van der Waals surface area contributed by atoms with Crippen molar-refractivity contribution in [1.29, 1.82) is 0 Å². The first-order valence-electron chi connectivity index (χ1n) is 9.60. The molecule has 0 saturated heterocycles. The van der Waals surface area contributed by atoms with E-state index in [0.717, 1.165) is 0 Å². The second-order valence-electron chi connectivity index (χ2n) is 7.04. The maximum absolute atomic E-state index is 13.4. The van der Waals surface area contributed by atoms with Gasteiger partial charge in [0, 0.05) is 24.0 Å². The fraction of sp³-hybridized carbons (Fsp3) is 0.238. The molecule has 0 saturated carbocycles. The molecule has 0 fully saturated rings. The molecule has 10 nitrogen and oxygen atoms in total. The SMILES string of the molecule is CC(C)Oc1cc2c(C(=O)NCCNC(=O)O)c(-c3ccc(F)cc3)oc2cc1[N+](=O)[O-]. The van der Waals surface area contributed by atoms with Crippen LogP contribution in [-0.4, -0.2) is 41.2 Å². The van der Waals surface area contributed by atoms with Gasteiger partial charge in [0.1, 0.15) is 17.2 Å². The predicted molar refractivity (Wildman–Crippen MR) is 112 cm³/mol. The van der Waals surface area contributed by atoms with E-state index in [-0.39, 0.29) is 52.9 Å². The van der Waals surface area contributed by atoms with E-state index in [4.69, 9.17) is 14.3 Å². The van der Waals surface area contributed by atoms with Crippen LogP contribution in [0, 0.1) is 15.9 Å². The summed E-state index contributed by atoms with van der Waals surface area (Å²) in [6, 6.07) is 7.73. The molecular weight excluding hydrogens is 425 g/mol. The van der Waals surface area contributed by atoms with Crippen molar-refractivity contribution in [3.63, 3.8) is 0 Å². The number of carboxylic acid groups (broad SMARTS) is 1. The zero-order valence-corrected chi connectivity index (χ0v) is 17.2. The summed E-state index contributed by atoms with van der Waals surface area (Å²) in [5.41, 5.74) is 0.181. The van der Waals surface area contributed by atoms with Crippen LogP contribution >= 0.6 is 0 Å². The quantitative estimate of drug-likeness (QED) is 0.271. The molecule has 3 rings (SSSR count). The number of hydrogen-bond donors (Lipinski definition) is 3. The lowest BCUT2D eigenvalue weighted by atomic mass is 10.0. The summed E-state index contributed by atoms with van der Waals surface area (Å²) in [6.45, 7) is 3.37. The predicted octanol–water partition coefficient (Wildman–Crippen LogP) is 3.93. The molecule has 3 aromatic rings. The number of rotatable bonds is 8. The second kappa shape index (κ2) is 9.33. The van der Waals surface area contributed by atoms with Crippen molar-refractivity contribution >= 4 is 28.7 Å². The minimum atomic E-state index is -1.23. The van der Waals surface area contributed by atoms with Crippen LogP contribution in [0.4, 0.5) is 14.9 Å². The number of nitro groups is 1. The number of nitrogens with zero attached hydrogens (tertiary/aromatic N) is 1. The van der Waals surface area contributed by atoms with E-state index in [0.29, 0.717) is 5.56 Å². The molecule has 0 radical (unpaired) electrons. The van der Waals surface area contributed by atoms with E-state index < -0.39 is 22.7 Å². The fourth-order valence-electron chi connectivity index (χ4n) is 3.07. The summed E-state index contributed by atoms with van der Waals surface area (Å²) in [4.78, 5) is 34.5. The molecule has 0 aliphatic rings. The molecule has 2 amide bonds. The van der Waals surface area contributed by atoms with Gasteiger partial charge in [0.2, 0.25) is 0 Å². The van der Waals surface area contributed by atoms with E-state index in [1.165, 1.54) is 36.4 Å². The number of carbonyl (C=O) groups is 2. The smallest absolute Gasteiger partial charge is 0.404 e. The number of nitro benzene ring substituents is 1. The van der Waals surface area contributed by atoms with Crippen LogP contribution in [0.3, 0.4) is 0 Å². The normalized spacial score (nSPS) is 10.9. The standard InChI is InChI=1S/C21H20FN3O7/c1-11(2)31-17-9-14-16(10-15(17)25(29)30)32-19(12-3-5-13(22)6-4-12)18(14)20(26)23-7-8-24-21(27)28/h3-6,9-11,24H,7-8H2,1-2H3,(H,23,26)(H,27,28). The van der Waals surface area contributed by atoms with Gasteiger partial charge in [0.25, 0.3) is 5.91 Å². The number of hydrogen-bond acceptors (Lipinski definition) is 6. The Balaban J connectivity index is 2.13. The van der Waals surface area contributed by atoms with Gasteiger partial charge in [-0.15, -0.1) is 0 Å². The highest BCUT2D eigenvalue weighted by Crippen LogP contribution is 2.40. The number of fused-ring (bicyclic) bond motifs is 1. The molecule has 0 spiro atoms. The van der Waals surface area contributed by atoms with Gasteiger partial charge in [-0.05, 0) is 44.2 Å². The van der Waals surface area contributed by atoms with E-state index >= 15 is 0 Å². The monoisotopic (exact) mass is 445 g/mol. The van der Waals surface area contributed by atoms with Crippen LogP contribution < -0.4 is 15.4 Å². The highest BCUT2D eigenvalue weighted by Gasteiger charge is 2.27. The largest absolute Gasteiger partial charge is 0.484 e. The lowest BCUT2D eigenvalue weighted by molar-refractivity contribution is -0.385. The fourth-order valence-corrected chi connectivity index (χ4v) is 3.07. The van der Waals surface area contributed by atoms with Gasteiger partial charge >= 0.3 is 11.8 Å². The van der Waals surface area contributed by atoms with E-state index in [2.05, 4.69) is 10.6 Å². The van der Waals surface area contributed by atoms with Crippen LogP contribution in [0.1, 0.15) is 24.2 Å². The molecule has 0 bridgehead atoms. The third kappa shape index (κ3) is 4.94. The Hall–Kier alpha value is -4.15. The Morgan fingerprint density at radius 2 is 1.84 bits per heavy atom. The Bertz CT molecular complexity index is 1170. The third-order valence-electron chi connectivity index (χ3n) is 4.35. The first kappa shape index (κ1) is 22.5. The molecule has 0 unspecified atom stereocenters. The Morgan fingerprint density at radius 1 is 1.19 bits per heavy atom. The number of furan rings is 1. The molecule has 0 aliphatic carbocycles. The molecule has 2 aromatic carbocycles. The van der Waals surface area contributed by atoms with E-state index in [1.807, 2.05) is 0 Å². The zero-order valence-electron chi connectivity index (χ0n) is 17.2. The highest BCUT2D eigenvalue weighted by atomic mass is 19.1. The molecule has 11 heteroatoms. The van der Waals surface area contributed by atoms with Gasteiger partial charge in [0.15, 0.2) is 5.75 Å². The first-order valence-corrected chi connectivity index (χ1v) is 9.60. The molecule has 3 N–H and O–H groups in total. The van der Waals surface area contributed by atoms with Gasteiger partial charge in [-0.25, -0.2) is 9.18 Å². The first-order chi connectivity index (χ1) is 15.2. The average Bonchev–Trinajstić information content (AvgIpc) is 3.08. The number of amides is 2. The van der Waals surface area contributed by atoms with Gasteiger partial charge in [0.05, 0.1) is 22.7 Å². The highest BCUT2D eigenvalue weighted by molar-refractivity contribution is 6.11. The van der Waals surface area contributed by atoms with Crippen molar-refractivity contribution in [2.75, 3.05) is 13.1 Å². The molecule has 0 atom stereocenters. The van der Waals surface area contributed by atoms with E-state index in [9.17, 15) is 24.1 Å². The van der Waals surface area contributed by atoms with Crippen molar-refractivity contribution in [2.24, 2.45) is 0 Å². The van der Waals surface area contributed by atoms with Crippen LogP contribution in [-0.2, 0) is 0 Å².